The third kappa shape index (κ3) is 4.45. The van der Waals surface area contributed by atoms with Gasteiger partial charge in [-0.25, -0.2) is 0 Å². The highest BCUT2D eigenvalue weighted by atomic mass is 14.9. The van der Waals surface area contributed by atoms with E-state index in [2.05, 4.69) is 33.0 Å². The lowest BCUT2D eigenvalue weighted by Gasteiger charge is -2.35. The van der Waals surface area contributed by atoms with Crippen LogP contribution in [0.2, 0.25) is 0 Å². The average Bonchev–Trinajstić information content (AvgIpc) is 2.01. The molecule has 14 heavy (non-hydrogen) atoms. The zero-order valence-electron chi connectivity index (χ0n) is 10.4. The van der Waals surface area contributed by atoms with Crippen LogP contribution >= 0.6 is 0 Å². The molecule has 1 N–H and O–H groups in total. The Morgan fingerprint density at radius 3 is 2.64 bits per heavy atom. The standard InChI is InChI=1S/C13H27N/c1-11(2)9-14-10-12-6-5-7-13(3,4)8-12/h11-12,14H,5-10H2,1-4H3. The van der Waals surface area contributed by atoms with Crippen LogP contribution in [0, 0.1) is 17.3 Å². The normalized spacial score (nSPS) is 26.8. The molecular weight excluding hydrogens is 170 g/mol. The van der Waals surface area contributed by atoms with Crippen molar-refractivity contribution < 1.29 is 0 Å². The molecule has 0 aromatic carbocycles. The summed E-state index contributed by atoms with van der Waals surface area (Å²) in [5, 5.41) is 3.59. The first-order valence-corrected chi connectivity index (χ1v) is 6.20. The zero-order valence-corrected chi connectivity index (χ0v) is 10.4. The van der Waals surface area contributed by atoms with Crippen LogP contribution < -0.4 is 5.32 Å². The van der Waals surface area contributed by atoms with E-state index in [-0.39, 0.29) is 0 Å². The molecule has 84 valence electrons. The van der Waals surface area contributed by atoms with E-state index in [1.165, 1.54) is 38.8 Å². The van der Waals surface area contributed by atoms with Crippen molar-refractivity contribution in [3.8, 4) is 0 Å². The lowest BCUT2D eigenvalue weighted by Crippen LogP contribution is -2.32. The quantitative estimate of drug-likeness (QED) is 0.728. The predicted octanol–water partition coefficient (Wildman–Crippen LogP) is 3.45. The molecule has 1 aliphatic rings. The Kier molecular flexibility index (Phi) is 4.43. The van der Waals surface area contributed by atoms with E-state index in [1.807, 2.05) is 0 Å². The van der Waals surface area contributed by atoms with Gasteiger partial charge in [-0.1, -0.05) is 34.1 Å². The first-order valence-electron chi connectivity index (χ1n) is 6.20. The molecule has 0 radical (unpaired) electrons. The van der Waals surface area contributed by atoms with E-state index in [1.54, 1.807) is 0 Å². The highest BCUT2D eigenvalue weighted by molar-refractivity contribution is 4.80. The van der Waals surface area contributed by atoms with Gasteiger partial charge in [0.1, 0.15) is 0 Å². The minimum Gasteiger partial charge on any atom is -0.316 e. The van der Waals surface area contributed by atoms with Gasteiger partial charge < -0.3 is 5.32 Å². The Morgan fingerprint density at radius 2 is 2.07 bits per heavy atom. The summed E-state index contributed by atoms with van der Waals surface area (Å²) in [7, 11) is 0. The van der Waals surface area contributed by atoms with E-state index in [0.717, 1.165) is 11.8 Å². The summed E-state index contributed by atoms with van der Waals surface area (Å²) in [6.07, 6.45) is 5.71. The maximum Gasteiger partial charge on any atom is -0.00202 e. The lowest BCUT2D eigenvalue weighted by atomic mass is 9.72. The average molecular weight is 197 g/mol. The summed E-state index contributed by atoms with van der Waals surface area (Å²) in [5.41, 5.74) is 0.600. The maximum absolute atomic E-state index is 3.59. The lowest BCUT2D eigenvalue weighted by molar-refractivity contribution is 0.177. The van der Waals surface area contributed by atoms with Crippen molar-refractivity contribution in [1.29, 1.82) is 0 Å². The molecule has 0 heterocycles. The van der Waals surface area contributed by atoms with E-state index < -0.39 is 0 Å². The smallest absolute Gasteiger partial charge is 0.00202 e. The molecule has 0 saturated heterocycles. The fraction of sp³-hybridized carbons (Fsp3) is 1.00. The van der Waals surface area contributed by atoms with Gasteiger partial charge >= 0.3 is 0 Å². The van der Waals surface area contributed by atoms with Gasteiger partial charge in [-0.2, -0.15) is 0 Å². The van der Waals surface area contributed by atoms with E-state index in [9.17, 15) is 0 Å². The molecular formula is C13H27N. The van der Waals surface area contributed by atoms with Gasteiger partial charge in [0.15, 0.2) is 0 Å². The minimum atomic E-state index is 0.600. The minimum absolute atomic E-state index is 0.600. The molecule has 0 aromatic heterocycles. The zero-order chi connectivity index (χ0) is 10.6. The fourth-order valence-corrected chi connectivity index (χ4v) is 2.61. The molecule has 0 aromatic rings. The Labute approximate surface area is 89.7 Å². The second-order valence-electron chi connectivity index (χ2n) is 6.18. The van der Waals surface area contributed by atoms with Crippen LogP contribution in [0.4, 0.5) is 0 Å². The molecule has 0 spiro atoms. The Morgan fingerprint density at radius 1 is 1.36 bits per heavy atom. The highest BCUT2D eigenvalue weighted by Gasteiger charge is 2.27. The van der Waals surface area contributed by atoms with Crippen molar-refractivity contribution in [3.05, 3.63) is 0 Å². The topological polar surface area (TPSA) is 12.0 Å². The third-order valence-corrected chi connectivity index (χ3v) is 3.29. The molecule has 1 rings (SSSR count). The van der Waals surface area contributed by atoms with Crippen LogP contribution in [0.15, 0.2) is 0 Å². The van der Waals surface area contributed by atoms with Crippen molar-refractivity contribution >= 4 is 0 Å². The molecule has 1 heteroatoms. The molecule has 0 aliphatic heterocycles. The van der Waals surface area contributed by atoms with Crippen molar-refractivity contribution in [2.24, 2.45) is 17.3 Å². The van der Waals surface area contributed by atoms with Gasteiger partial charge in [-0.15, -0.1) is 0 Å². The maximum atomic E-state index is 3.59. The van der Waals surface area contributed by atoms with Gasteiger partial charge in [-0.05, 0) is 49.6 Å². The first-order chi connectivity index (χ1) is 6.49. The van der Waals surface area contributed by atoms with E-state index in [4.69, 9.17) is 0 Å². The molecule has 1 atom stereocenters. The van der Waals surface area contributed by atoms with Crippen LogP contribution in [0.1, 0.15) is 53.4 Å². The second kappa shape index (κ2) is 5.16. The summed E-state index contributed by atoms with van der Waals surface area (Å²) in [6, 6.07) is 0. The number of hydrogen-bond donors (Lipinski definition) is 1. The monoisotopic (exact) mass is 197 g/mol. The van der Waals surface area contributed by atoms with Crippen molar-refractivity contribution in [1.82, 2.24) is 5.32 Å². The van der Waals surface area contributed by atoms with Crippen LogP contribution in [-0.2, 0) is 0 Å². The number of rotatable bonds is 4. The van der Waals surface area contributed by atoms with Gasteiger partial charge in [0.2, 0.25) is 0 Å². The van der Waals surface area contributed by atoms with E-state index in [0.29, 0.717) is 5.41 Å². The fourth-order valence-electron chi connectivity index (χ4n) is 2.61. The van der Waals surface area contributed by atoms with Crippen LogP contribution in [0.25, 0.3) is 0 Å². The Hall–Kier alpha value is -0.0400. The van der Waals surface area contributed by atoms with Crippen molar-refractivity contribution in [3.63, 3.8) is 0 Å². The molecule has 1 saturated carbocycles. The molecule has 1 fully saturated rings. The number of hydrogen-bond acceptors (Lipinski definition) is 1. The Bertz CT molecular complexity index is 161. The first kappa shape index (κ1) is 12.0. The summed E-state index contributed by atoms with van der Waals surface area (Å²) >= 11 is 0. The van der Waals surface area contributed by atoms with Crippen LogP contribution in [0.3, 0.4) is 0 Å². The van der Waals surface area contributed by atoms with Crippen LogP contribution in [-0.4, -0.2) is 13.1 Å². The SMILES string of the molecule is CC(C)CNCC1CCCC(C)(C)C1. The largest absolute Gasteiger partial charge is 0.316 e. The van der Waals surface area contributed by atoms with Crippen LogP contribution in [0.5, 0.6) is 0 Å². The van der Waals surface area contributed by atoms with E-state index >= 15 is 0 Å². The van der Waals surface area contributed by atoms with Gasteiger partial charge in [0.05, 0.1) is 0 Å². The molecule has 1 unspecified atom stereocenters. The number of nitrogens with one attached hydrogen (secondary N) is 1. The van der Waals surface area contributed by atoms with Gasteiger partial charge in [-0.3, -0.25) is 0 Å². The summed E-state index contributed by atoms with van der Waals surface area (Å²) in [6.45, 7) is 11.8. The molecule has 0 bridgehead atoms. The highest BCUT2D eigenvalue weighted by Crippen LogP contribution is 2.38. The second-order valence-corrected chi connectivity index (χ2v) is 6.18. The van der Waals surface area contributed by atoms with Crippen molar-refractivity contribution in [2.75, 3.05) is 13.1 Å². The molecule has 1 nitrogen and oxygen atoms in total. The third-order valence-electron chi connectivity index (χ3n) is 3.29. The van der Waals surface area contributed by atoms with Crippen molar-refractivity contribution in [2.45, 2.75) is 53.4 Å². The summed E-state index contributed by atoms with van der Waals surface area (Å²) in [4.78, 5) is 0. The summed E-state index contributed by atoms with van der Waals surface area (Å²) in [5.74, 6) is 1.71. The predicted molar refractivity (Wildman–Crippen MR) is 63.4 cm³/mol. The van der Waals surface area contributed by atoms with Gasteiger partial charge in [0.25, 0.3) is 0 Å². The molecule has 1 aliphatic carbocycles. The summed E-state index contributed by atoms with van der Waals surface area (Å²) < 4.78 is 0. The Balaban J connectivity index is 2.18. The molecule has 0 amide bonds. The van der Waals surface area contributed by atoms with Gasteiger partial charge in [0, 0.05) is 0 Å².